The minimum atomic E-state index is -0.505. The summed E-state index contributed by atoms with van der Waals surface area (Å²) in [6.45, 7) is 3.91. The average molecular weight is 318 g/mol. The second-order valence-electron chi connectivity index (χ2n) is 6.12. The van der Waals surface area contributed by atoms with Gasteiger partial charge in [-0.1, -0.05) is 24.3 Å². The van der Waals surface area contributed by atoms with Crippen molar-refractivity contribution in [2.75, 3.05) is 39.4 Å². The first-order chi connectivity index (χ1) is 11.2. The number of β-amino-alcohol motifs (C(OH)–C–C–N with tert-alkyl or cyclic N) is 1. The van der Waals surface area contributed by atoms with Crippen LogP contribution in [0.25, 0.3) is 0 Å². The van der Waals surface area contributed by atoms with Crippen LogP contribution in [0.3, 0.4) is 0 Å². The van der Waals surface area contributed by atoms with Crippen molar-refractivity contribution in [2.45, 2.75) is 18.6 Å². The van der Waals surface area contributed by atoms with Gasteiger partial charge in [0.2, 0.25) is 5.91 Å². The number of aldehydes is 1. The Labute approximate surface area is 135 Å². The maximum Gasteiger partial charge on any atom is 0.227 e. The van der Waals surface area contributed by atoms with Crippen LogP contribution < -0.4 is 0 Å². The fourth-order valence-corrected chi connectivity index (χ4v) is 3.24. The second-order valence-corrected chi connectivity index (χ2v) is 6.12. The lowest BCUT2D eigenvalue weighted by atomic mass is 10.1. The molecule has 23 heavy (non-hydrogen) atoms. The number of amides is 1. The number of carbonyl (C=O) groups is 2. The van der Waals surface area contributed by atoms with E-state index in [-0.39, 0.29) is 11.9 Å². The summed E-state index contributed by atoms with van der Waals surface area (Å²) >= 11 is 0. The summed E-state index contributed by atoms with van der Waals surface area (Å²) in [5, 5.41) is 10.3. The highest BCUT2D eigenvalue weighted by Crippen LogP contribution is 2.19. The van der Waals surface area contributed by atoms with Gasteiger partial charge in [0.15, 0.2) is 0 Å². The Morgan fingerprint density at radius 3 is 2.57 bits per heavy atom. The number of aliphatic hydroxyl groups excluding tert-OH is 1. The van der Waals surface area contributed by atoms with E-state index in [1.54, 1.807) is 29.2 Å². The minimum absolute atomic E-state index is 0.000268. The number of benzene rings is 1. The van der Waals surface area contributed by atoms with E-state index in [1.807, 2.05) is 0 Å². The molecule has 2 saturated heterocycles. The maximum atomic E-state index is 12.4. The molecule has 2 fully saturated rings. The van der Waals surface area contributed by atoms with Crippen LogP contribution in [0.2, 0.25) is 0 Å². The van der Waals surface area contributed by atoms with Gasteiger partial charge in [-0.25, -0.2) is 0 Å². The molecule has 0 aromatic heterocycles. The van der Waals surface area contributed by atoms with Gasteiger partial charge in [0, 0.05) is 31.7 Å². The lowest BCUT2D eigenvalue weighted by Gasteiger charge is -2.33. The Bertz CT molecular complexity index is 554. The van der Waals surface area contributed by atoms with Crippen molar-refractivity contribution in [3.63, 3.8) is 0 Å². The van der Waals surface area contributed by atoms with Crippen LogP contribution in [-0.4, -0.2) is 78.6 Å². The molecule has 0 aliphatic carbocycles. The molecule has 0 radical (unpaired) electrons. The third kappa shape index (κ3) is 3.77. The maximum absolute atomic E-state index is 12.4. The SMILES string of the molecule is O=Cc1ccc(CC(=O)N2C[C@@H](O)[C@H](N3CCOCC3)C2)cc1. The average Bonchev–Trinajstić information content (AvgIpc) is 2.98. The Balaban J connectivity index is 1.58. The van der Waals surface area contributed by atoms with Crippen LogP contribution in [0.1, 0.15) is 15.9 Å². The number of likely N-dealkylation sites (tertiary alicyclic amines) is 1. The van der Waals surface area contributed by atoms with Crippen LogP contribution in [0, 0.1) is 0 Å². The molecule has 2 heterocycles. The standard InChI is InChI=1S/C17H22N2O4/c20-12-14-3-1-13(2-4-14)9-17(22)19-10-15(16(21)11-19)18-5-7-23-8-6-18/h1-4,12,15-16,21H,5-11H2/t15-,16-/m1/s1. The van der Waals surface area contributed by atoms with Crippen molar-refractivity contribution in [1.29, 1.82) is 0 Å². The molecule has 2 aliphatic rings. The number of hydrogen-bond acceptors (Lipinski definition) is 5. The molecule has 124 valence electrons. The van der Waals surface area contributed by atoms with Crippen LogP contribution in [0.5, 0.6) is 0 Å². The topological polar surface area (TPSA) is 70.1 Å². The van der Waals surface area contributed by atoms with Crippen LogP contribution in [-0.2, 0) is 16.0 Å². The number of hydrogen-bond donors (Lipinski definition) is 1. The van der Waals surface area contributed by atoms with Gasteiger partial charge >= 0.3 is 0 Å². The van der Waals surface area contributed by atoms with Crippen molar-refractivity contribution in [3.05, 3.63) is 35.4 Å². The van der Waals surface area contributed by atoms with Gasteiger partial charge in [0.1, 0.15) is 6.29 Å². The number of nitrogens with zero attached hydrogens (tertiary/aromatic N) is 2. The van der Waals surface area contributed by atoms with Crippen LogP contribution in [0.15, 0.2) is 24.3 Å². The monoisotopic (exact) mass is 318 g/mol. The van der Waals surface area contributed by atoms with Crippen LogP contribution in [0.4, 0.5) is 0 Å². The minimum Gasteiger partial charge on any atom is -0.390 e. The number of morpholine rings is 1. The van der Waals surface area contributed by atoms with Crippen molar-refractivity contribution >= 4 is 12.2 Å². The van der Waals surface area contributed by atoms with Crippen molar-refractivity contribution in [3.8, 4) is 0 Å². The molecule has 1 amide bonds. The van der Waals surface area contributed by atoms with Gasteiger partial charge < -0.3 is 14.7 Å². The van der Waals surface area contributed by atoms with Crippen LogP contribution >= 0.6 is 0 Å². The molecule has 6 heteroatoms. The molecule has 0 spiro atoms. The fourth-order valence-electron chi connectivity index (χ4n) is 3.24. The number of ether oxygens (including phenoxy) is 1. The van der Waals surface area contributed by atoms with E-state index >= 15 is 0 Å². The number of rotatable bonds is 4. The highest BCUT2D eigenvalue weighted by atomic mass is 16.5. The van der Waals surface area contributed by atoms with E-state index in [0.29, 0.717) is 38.3 Å². The van der Waals surface area contributed by atoms with Crippen molar-refractivity contribution in [2.24, 2.45) is 0 Å². The molecule has 1 aromatic carbocycles. The summed E-state index contributed by atoms with van der Waals surface area (Å²) in [4.78, 5) is 27.0. The summed E-state index contributed by atoms with van der Waals surface area (Å²) in [5.41, 5.74) is 1.48. The van der Waals surface area contributed by atoms with Gasteiger partial charge in [-0.2, -0.15) is 0 Å². The van der Waals surface area contributed by atoms with Gasteiger partial charge in [-0.3, -0.25) is 14.5 Å². The Morgan fingerprint density at radius 2 is 1.91 bits per heavy atom. The zero-order valence-corrected chi connectivity index (χ0v) is 13.1. The molecule has 6 nitrogen and oxygen atoms in total. The van der Waals surface area contributed by atoms with Gasteiger partial charge in [0.25, 0.3) is 0 Å². The predicted octanol–water partition coefficient (Wildman–Crippen LogP) is -0.0545. The van der Waals surface area contributed by atoms with Gasteiger partial charge in [0.05, 0.1) is 31.8 Å². The largest absolute Gasteiger partial charge is 0.390 e. The van der Waals surface area contributed by atoms with Gasteiger partial charge in [-0.15, -0.1) is 0 Å². The number of aliphatic hydroxyl groups is 1. The summed E-state index contributed by atoms with van der Waals surface area (Å²) in [5.74, 6) is 0.0127. The predicted molar refractivity (Wildman–Crippen MR) is 84.3 cm³/mol. The lowest BCUT2D eigenvalue weighted by molar-refractivity contribution is -0.129. The zero-order chi connectivity index (χ0) is 16.2. The molecule has 3 rings (SSSR count). The first-order valence-corrected chi connectivity index (χ1v) is 7.99. The third-order valence-corrected chi connectivity index (χ3v) is 4.60. The molecular weight excluding hydrogens is 296 g/mol. The molecule has 0 unspecified atom stereocenters. The van der Waals surface area contributed by atoms with E-state index in [1.165, 1.54) is 0 Å². The molecule has 0 saturated carbocycles. The molecule has 1 aromatic rings. The summed E-state index contributed by atoms with van der Waals surface area (Å²) in [7, 11) is 0. The summed E-state index contributed by atoms with van der Waals surface area (Å²) in [6.07, 6.45) is 0.575. The molecule has 2 aliphatic heterocycles. The highest BCUT2D eigenvalue weighted by molar-refractivity contribution is 5.80. The molecular formula is C17H22N2O4. The van der Waals surface area contributed by atoms with E-state index in [2.05, 4.69) is 4.90 Å². The Hall–Kier alpha value is -1.76. The Morgan fingerprint density at radius 1 is 1.22 bits per heavy atom. The third-order valence-electron chi connectivity index (χ3n) is 4.60. The quantitative estimate of drug-likeness (QED) is 0.788. The van der Waals surface area contributed by atoms with E-state index in [4.69, 9.17) is 4.74 Å². The molecule has 0 bridgehead atoms. The normalized spacial score (nSPS) is 25.5. The molecule has 1 N–H and O–H groups in total. The van der Waals surface area contributed by atoms with E-state index < -0.39 is 6.10 Å². The van der Waals surface area contributed by atoms with Crippen molar-refractivity contribution in [1.82, 2.24) is 9.80 Å². The lowest BCUT2D eigenvalue weighted by Crippen LogP contribution is -2.49. The van der Waals surface area contributed by atoms with Crippen molar-refractivity contribution < 1.29 is 19.4 Å². The Kier molecular flexibility index (Phi) is 5.05. The highest BCUT2D eigenvalue weighted by Gasteiger charge is 2.37. The smallest absolute Gasteiger partial charge is 0.227 e. The van der Waals surface area contributed by atoms with Gasteiger partial charge in [-0.05, 0) is 5.56 Å². The van der Waals surface area contributed by atoms with E-state index in [0.717, 1.165) is 24.9 Å². The first-order valence-electron chi connectivity index (χ1n) is 7.99. The number of carbonyl (C=O) groups excluding carboxylic acids is 2. The summed E-state index contributed by atoms with van der Waals surface area (Å²) < 4.78 is 5.34. The fraction of sp³-hybridized carbons (Fsp3) is 0.529. The zero-order valence-electron chi connectivity index (χ0n) is 13.1. The molecule has 2 atom stereocenters. The van der Waals surface area contributed by atoms with E-state index in [9.17, 15) is 14.7 Å². The summed E-state index contributed by atoms with van der Waals surface area (Å²) in [6, 6.07) is 7.03. The first kappa shape index (κ1) is 16.1. The second kappa shape index (κ2) is 7.21.